The molecule has 0 atom stereocenters. The van der Waals surface area contributed by atoms with Crippen LogP contribution in [0.4, 0.5) is 10.7 Å². The predicted molar refractivity (Wildman–Crippen MR) is 113 cm³/mol. The number of halogens is 1. The van der Waals surface area contributed by atoms with Crippen LogP contribution < -0.4 is 10.2 Å². The summed E-state index contributed by atoms with van der Waals surface area (Å²) >= 11 is 2.97. The summed E-state index contributed by atoms with van der Waals surface area (Å²) in [6, 6.07) is 7.47. The van der Waals surface area contributed by atoms with Crippen molar-refractivity contribution in [1.82, 2.24) is 0 Å². The number of nitrogens with one attached hydrogen (secondary N) is 1. The summed E-state index contributed by atoms with van der Waals surface area (Å²) in [6.45, 7) is 1.73. The molecule has 27 heavy (non-hydrogen) atoms. The Labute approximate surface area is 175 Å². The molecule has 6 nitrogen and oxygen atoms in total. The van der Waals surface area contributed by atoms with E-state index in [1.54, 1.807) is 42.2 Å². The van der Waals surface area contributed by atoms with Crippen LogP contribution in [0.3, 0.4) is 0 Å². The van der Waals surface area contributed by atoms with Crippen molar-refractivity contribution < 1.29 is 17.4 Å². The summed E-state index contributed by atoms with van der Waals surface area (Å²) < 4.78 is 10.2. The topological polar surface area (TPSA) is 67.9 Å². The molecule has 0 unspecified atom stereocenters. The summed E-state index contributed by atoms with van der Waals surface area (Å²) in [5.41, 5.74) is 3.10. The highest BCUT2D eigenvalue weighted by Crippen LogP contribution is 2.46. The van der Waals surface area contributed by atoms with Crippen LogP contribution in [0.15, 0.2) is 29.6 Å². The molecule has 1 saturated heterocycles. The molecule has 2 aliphatic rings. The second kappa shape index (κ2) is 7.76. The zero-order valence-corrected chi connectivity index (χ0v) is 17.7. The van der Waals surface area contributed by atoms with Crippen LogP contribution in [0.1, 0.15) is 45.0 Å². The third kappa shape index (κ3) is 3.83. The maximum Gasteiger partial charge on any atom is 0.350 e. The first kappa shape index (κ1) is 18.7. The van der Waals surface area contributed by atoms with Gasteiger partial charge in [-0.2, -0.15) is 0 Å². The highest BCUT2D eigenvalue weighted by molar-refractivity contribution is 14.1. The van der Waals surface area contributed by atoms with E-state index < -0.39 is 5.97 Å². The van der Waals surface area contributed by atoms with Gasteiger partial charge in [0.25, 0.3) is 5.91 Å². The van der Waals surface area contributed by atoms with Crippen LogP contribution in [0.2, 0.25) is 0 Å². The number of methoxy groups -OCH3 is 1. The maximum atomic E-state index is 12.6. The van der Waals surface area contributed by atoms with Gasteiger partial charge >= 0.3 is 5.97 Å². The molecule has 1 aliphatic carbocycles. The number of ether oxygens (including phenoxy) is 1. The fourth-order valence-electron chi connectivity index (χ4n) is 3.20. The SMILES string of the molecule is COC1CN(c2ccc(C(=O)Nc3scc(C4CC4)c3C(=O)OI)cc2)C1. The lowest BCUT2D eigenvalue weighted by Gasteiger charge is -2.40. The summed E-state index contributed by atoms with van der Waals surface area (Å²) in [5, 5.41) is 5.39. The third-order valence-electron chi connectivity index (χ3n) is 5.01. The Morgan fingerprint density at radius 1 is 1.22 bits per heavy atom. The second-order valence-corrected chi connectivity index (χ2v) is 8.12. The number of thiophene rings is 1. The predicted octanol–water partition coefficient (Wildman–Crippen LogP) is 4.22. The van der Waals surface area contributed by atoms with Crippen LogP contribution >= 0.6 is 34.3 Å². The lowest BCUT2D eigenvalue weighted by Crippen LogP contribution is -2.51. The lowest BCUT2D eigenvalue weighted by atomic mass is 10.1. The first-order chi connectivity index (χ1) is 13.1. The summed E-state index contributed by atoms with van der Waals surface area (Å²) in [4.78, 5) is 27.0. The molecule has 0 spiro atoms. The molecular formula is C19H19IN2O4S. The van der Waals surface area contributed by atoms with Crippen molar-refractivity contribution in [1.29, 1.82) is 0 Å². The molecule has 1 saturated carbocycles. The quantitative estimate of drug-likeness (QED) is 0.605. The molecule has 2 fully saturated rings. The molecule has 142 valence electrons. The smallest absolute Gasteiger partial charge is 0.350 e. The second-order valence-electron chi connectivity index (χ2n) is 6.80. The molecule has 2 aromatic rings. The van der Waals surface area contributed by atoms with Gasteiger partial charge in [-0.25, -0.2) is 4.79 Å². The van der Waals surface area contributed by atoms with E-state index in [1.807, 2.05) is 17.5 Å². The number of hydrogen-bond acceptors (Lipinski definition) is 6. The Hall–Kier alpha value is -1.65. The maximum absolute atomic E-state index is 12.6. The highest BCUT2D eigenvalue weighted by Gasteiger charge is 2.32. The molecule has 1 N–H and O–H groups in total. The van der Waals surface area contributed by atoms with Crippen molar-refractivity contribution in [3.05, 3.63) is 46.3 Å². The zero-order valence-electron chi connectivity index (χ0n) is 14.7. The monoisotopic (exact) mass is 498 g/mol. The summed E-state index contributed by atoms with van der Waals surface area (Å²) in [5.74, 6) is -0.231. The average Bonchev–Trinajstić information content (AvgIpc) is 3.41. The van der Waals surface area contributed by atoms with Gasteiger partial charge in [0.2, 0.25) is 0 Å². The number of amides is 1. The van der Waals surface area contributed by atoms with Crippen molar-refractivity contribution in [2.24, 2.45) is 0 Å². The molecular weight excluding hydrogens is 479 g/mol. The standard InChI is InChI=1S/C19H19IN2O4S/c1-25-14-8-22(9-14)13-6-4-12(5-7-13)17(23)21-18-16(19(24)26-20)15(10-27-18)11-2-3-11/h4-7,10-11,14H,2-3,8-9H2,1H3,(H,21,23). The van der Waals surface area contributed by atoms with Crippen molar-refractivity contribution in [2.45, 2.75) is 24.9 Å². The molecule has 0 radical (unpaired) electrons. The summed E-state index contributed by atoms with van der Waals surface area (Å²) in [7, 11) is 1.72. The molecule has 8 heteroatoms. The van der Waals surface area contributed by atoms with Crippen LogP contribution in [-0.4, -0.2) is 38.2 Å². The van der Waals surface area contributed by atoms with Gasteiger partial charge in [-0.1, -0.05) is 0 Å². The van der Waals surface area contributed by atoms with Crippen molar-refractivity contribution in [3.8, 4) is 0 Å². The number of rotatable bonds is 6. The van der Waals surface area contributed by atoms with Crippen LogP contribution in [0.25, 0.3) is 0 Å². The van der Waals surface area contributed by atoms with E-state index >= 15 is 0 Å². The molecule has 1 aromatic heterocycles. The molecule has 1 aromatic carbocycles. The third-order valence-corrected chi connectivity index (χ3v) is 6.33. The van der Waals surface area contributed by atoms with E-state index in [4.69, 9.17) is 7.80 Å². The van der Waals surface area contributed by atoms with Gasteiger partial charge in [0.05, 0.1) is 11.7 Å². The van der Waals surface area contributed by atoms with Crippen molar-refractivity contribution in [3.63, 3.8) is 0 Å². The van der Waals surface area contributed by atoms with Crippen LogP contribution in [0.5, 0.6) is 0 Å². The van der Waals surface area contributed by atoms with Gasteiger partial charge in [0, 0.05) is 31.5 Å². The molecule has 1 aliphatic heterocycles. The van der Waals surface area contributed by atoms with E-state index in [1.165, 1.54) is 11.3 Å². The Morgan fingerprint density at radius 2 is 1.93 bits per heavy atom. The molecule has 2 heterocycles. The minimum atomic E-state index is -0.408. The fraction of sp³-hybridized carbons (Fsp3) is 0.368. The van der Waals surface area contributed by atoms with Gasteiger partial charge in [0.1, 0.15) is 5.00 Å². The number of carbonyl (C=O) groups excluding carboxylic acids is 2. The normalized spacial score (nSPS) is 16.7. The highest BCUT2D eigenvalue weighted by atomic mass is 127. The lowest BCUT2D eigenvalue weighted by molar-refractivity contribution is 0.0787. The number of hydrogen-bond donors (Lipinski definition) is 1. The largest absolute Gasteiger partial charge is 0.391 e. The Balaban J connectivity index is 1.47. The first-order valence-corrected chi connectivity index (χ1v) is 10.5. The van der Waals surface area contributed by atoms with E-state index in [0.717, 1.165) is 37.2 Å². The summed E-state index contributed by atoms with van der Waals surface area (Å²) in [6.07, 6.45) is 2.43. The zero-order chi connectivity index (χ0) is 19.0. The minimum absolute atomic E-state index is 0.230. The van der Waals surface area contributed by atoms with E-state index in [-0.39, 0.29) is 12.0 Å². The van der Waals surface area contributed by atoms with Gasteiger partial charge in [0.15, 0.2) is 23.0 Å². The number of carbonyl (C=O) groups is 2. The van der Waals surface area contributed by atoms with Gasteiger partial charge < -0.3 is 18.0 Å². The van der Waals surface area contributed by atoms with Gasteiger partial charge in [-0.15, -0.1) is 11.3 Å². The molecule has 4 rings (SSSR count). The van der Waals surface area contributed by atoms with Crippen molar-refractivity contribution in [2.75, 3.05) is 30.4 Å². The molecule has 1 amide bonds. The Kier molecular flexibility index (Phi) is 5.38. The van der Waals surface area contributed by atoms with Crippen LogP contribution in [0, 0.1) is 0 Å². The first-order valence-electron chi connectivity index (χ1n) is 8.74. The average molecular weight is 498 g/mol. The Morgan fingerprint density at radius 3 is 2.52 bits per heavy atom. The number of anilines is 2. The van der Waals surface area contributed by atoms with Gasteiger partial charge in [-0.3, -0.25) is 4.79 Å². The van der Waals surface area contributed by atoms with Gasteiger partial charge in [-0.05, 0) is 54.0 Å². The number of nitrogens with zero attached hydrogens (tertiary/aromatic N) is 1. The van der Waals surface area contributed by atoms with Crippen LogP contribution in [-0.2, 0) is 7.80 Å². The Bertz CT molecular complexity index is 857. The minimum Gasteiger partial charge on any atom is -0.391 e. The molecule has 0 bridgehead atoms. The van der Waals surface area contributed by atoms with E-state index in [9.17, 15) is 9.59 Å². The van der Waals surface area contributed by atoms with E-state index in [0.29, 0.717) is 22.0 Å². The van der Waals surface area contributed by atoms with Crippen molar-refractivity contribution >= 4 is 56.9 Å². The fourth-order valence-corrected chi connectivity index (χ4v) is 4.45. The number of benzene rings is 1. The van der Waals surface area contributed by atoms with E-state index in [2.05, 4.69) is 10.2 Å².